The van der Waals surface area contributed by atoms with Crippen molar-refractivity contribution in [3.8, 4) is 22.8 Å². The summed E-state index contributed by atoms with van der Waals surface area (Å²) in [6.07, 6.45) is 0. The highest BCUT2D eigenvalue weighted by Crippen LogP contribution is 2.29. The maximum atomic E-state index is 12.1. The molecule has 0 radical (unpaired) electrons. The van der Waals surface area contributed by atoms with Crippen LogP contribution in [0.1, 0.15) is 5.56 Å². The Hall–Kier alpha value is -2.99. The van der Waals surface area contributed by atoms with Crippen molar-refractivity contribution in [2.75, 3.05) is 19.0 Å². The monoisotopic (exact) mass is 371 g/mol. The number of amides is 1. The molecule has 0 aliphatic heterocycles. The van der Waals surface area contributed by atoms with Crippen LogP contribution in [0.25, 0.3) is 11.3 Å². The summed E-state index contributed by atoms with van der Waals surface area (Å²) in [6.45, 7) is 1.74. The summed E-state index contributed by atoms with van der Waals surface area (Å²) >= 11 is 5.91. The number of nitrogens with zero attached hydrogens (tertiary/aromatic N) is 1. The van der Waals surface area contributed by atoms with E-state index >= 15 is 0 Å². The molecule has 134 valence electrons. The van der Waals surface area contributed by atoms with E-state index in [-0.39, 0.29) is 12.5 Å². The fourth-order valence-electron chi connectivity index (χ4n) is 2.49. The van der Waals surface area contributed by atoms with E-state index in [1.165, 1.54) is 0 Å². The molecule has 0 saturated heterocycles. The van der Waals surface area contributed by atoms with Gasteiger partial charge in [0.05, 0.1) is 12.8 Å². The quantitative estimate of drug-likeness (QED) is 0.685. The molecule has 1 aromatic heterocycles. The van der Waals surface area contributed by atoms with Crippen molar-refractivity contribution >= 4 is 23.3 Å². The van der Waals surface area contributed by atoms with Gasteiger partial charge in [-0.25, -0.2) is 0 Å². The molecule has 0 bridgehead atoms. The van der Waals surface area contributed by atoms with Crippen molar-refractivity contribution < 1.29 is 14.3 Å². The van der Waals surface area contributed by atoms with E-state index in [0.29, 0.717) is 16.6 Å². The largest absolute Gasteiger partial charge is 0.496 e. The molecule has 0 unspecified atom stereocenters. The first kappa shape index (κ1) is 17.8. The number of hydrogen-bond donors (Lipinski definition) is 2. The highest BCUT2D eigenvalue weighted by Gasteiger charge is 2.11. The van der Waals surface area contributed by atoms with Crippen LogP contribution in [-0.4, -0.2) is 29.8 Å². The Kier molecular flexibility index (Phi) is 5.43. The van der Waals surface area contributed by atoms with Crippen LogP contribution >= 0.6 is 11.6 Å². The van der Waals surface area contributed by atoms with Crippen LogP contribution in [0.5, 0.6) is 11.5 Å². The van der Waals surface area contributed by atoms with Gasteiger partial charge in [-0.1, -0.05) is 23.7 Å². The van der Waals surface area contributed by atoms with Crippen molar-refractivity contribution in [1.29, 1.82) is 0 Å². The average Bonchev–Trinajstić information content (AvgIpc) is 3.09. The molecular formula is C19H18ClN3O3. The van der Waals surface area contributed by atoms with Crippen molar-refractivity contribution in [3.05, 3.63) is 59.1 Å². The lowest BCUT2D eigenvalue weighted by Gasteiger charge is -2.08. The Morgan fingerprint density at radius 2 is 2.00 bits per heavy atom. The molecule has 1 amide bonds. The molecule has 0 saturated carbocycles. The summed E-state index contributed by atoms with van der Waals surface area (Å²) in [7, 11) is 1.61. The molecule has 3 rings (SSSR count). The van der Waals surface area contributed by atoms with Gasteiger partial charge in [-0.2, -0.15) is 5.10 Å². The van der Waals surface area contributed by atoms with E-state index in [1.54, 1.807) is 31.4 Å². The SMILES string of the molecule is COc1ccccc1-c1cc(NC(=O)COc2ccc(Cl)cc2C)n[nH]1. The minimum absolute atomic E-state index is 0.126. The molecule has 0 atom stereocenters. The Morgan fingerprint density at radius 1 is 1.19 bits per heavy atom. The molecule has 6 nitrogen and oxygen atoms in total. The van der Waals surface area contributed by atoms with Crippen LogP contribution in [0, 0.1) is 6.92 Å². The molecule has 2 aromatic carbocycles. The van der Waals surface area contributed by atoms with Gasteiger partial charge in [0.25, 0.3) is 5.91 Å². The lowest BCUT2D eigenvalue weighted by Crippen LogP contribution is -2.20. The summed E-state index contributed by atoms with van der Waals surface area (Å²) in [5.74, 6) is 1.43. The Bertz CT molecular complexity index is 924. The van der Waals surface area contributed by atoms with Crippen molar-refractivity contribution in [3.63, 3.8) is 0 Å². The third-order valence-corrected chi connectivity index (χ3v) is 3.97. The smallest absolute Gasteiger partial charge is 0.263 e. The number of H-pyrrole nitrogens is 1. The number of benzene rings is 2. The number of hydrogen-bond acceptors (Lipinski definition) is 4. The van der Waals surface area contributed by atoms with E-state index in [9.17, 15) is 4.79 Å². The molecule has 2 N–H and O–H groups in total. The molecular weight excluding hydrogens is 354 g/mol. The zero-order valence-corrected chi connectivity index (χ0v) is 15.1. The van der Waals surface area contributed by atoms with Gasteiger partial charge >= 0.3 is 0 Å². The summed E-state index contributed by atoms with van der Waals surface area (Å²) < 4.78 is 10.9. The first-order chi connectivity index (χ1) is 12.6. The van der Waals surface area contributed by atoms with Crippen molar-refractivity contribution in [2.24, 2.45) is 0 Å². The third-order valence-electron chi connectivity index (χ3n) is 3.74. The van der Waals surface area contributed by atoms with Gasteiger partial charge in [0.2, 0.25) is 0 Å². The zero-order valence-electron chi connectivity index (χ0n) is 14.4. The van der Waals surface area contributed by atoms with Crippen LogP contribution in [-0.2, 0) is 4.79 Å². The Balaban J connectivity index is 1.62. The summed E-state index contributed by atoms with van der Waals surface area (Å²) in [4.78, 5) is 12.1. The van der Waals surface area contributed by atoms with Gasteiger partial charge < -0.3 is 14.8 Å². The maximum Gasteiger partial charge on any atom is 0.263 e. The number of aryl methyl sites for hydroxylation is 1. The number of nitrogens with one attached hydrogen (secondary N) is 2. The first-order valence-corrected chi connectivity index (χ1v) is 8.32. The van der Waals surface area contributed by atoms with Crippen LogP contribution in [0.3, 0.4) is 0 Å². The fourth-order valence-corrected chi connectivity index (χ4v) is 2.71. The van der Waals surface area contributed by atoms with Gasteiger partial charge in [0, 0.05) is 16.7 Å². The highest BCUT2D eigenvalue weighted by atomic mass is 35.5. The molecule has 7 heteroatoms. The fraction of sp³-hybridized carbons (Fsp3) is 0.158. The second kappa shape index (κ2) is 7.93. The molecule has 0 spiro atoms. The molecule has 0 fully saturated rings. The van der Waals surface area contributed by atoms with Crippen LogP contribution in [0.2, 0.25) is 5.02 Å². The predicted octanol–water partition coefficient (Wildman–Crippen LogP) is 4.06. The third kappa shape index (κ3) is 4.15. The van der Waals surface area contributed by atoms with Gasteiger partial charge in [-0.05, 0) is 42.8 Å². The van der Waals surface area contributed by atoms with Gasteiger partial charge in [0.15, 0.2) is 12.4 Å². The van der Waals surface area contributed by atoms with Gasteiger partial charge in [0.1, 0.15) is 11.5 Å². The number of ether oxygens (including phenoxy) is 2. The number of halogens is 1. The number of carbonyl (C=O) groups is 1. The van der Waals surface area contributed by atoms with Crippen molar-refractivity contribution in [2.45, 2.75) is 6.92 Å². The lowest BCUT2D eigenvalue weighted by molar-refractivity contribution is -0.118. The minimum Gasteiger partial charge on any atom is -0.496 e. The number of aromatic nitrogens is 2. The van der Waals surface area contributed by atoms with E-state index < -0.39 is 0 Å². The molecule has 26 heavy (non-hydrogen) atoms. The standard InChI is InChI=1S/C19H18ClN3O3/c1-12-9-13(20)7-8-16(12)26-11-19(24)21-18-10-15(22-23-18)14-5-3-4-6-17(14)25-2/h3-10H,11H2,1-2H3,(H2,21,22,23,24). The molecule has 3 aromatic rings. The highest BCUT2D eigenvalue weighted by molar-refractivity contribution is 6.30. The van der Waals surface area contributed by atoms with Gasteiger partial charge in [-0.3, -0.25) is 9.89 Å². The van der Waals surface area contributed by atoms with E-state index in [1.807, 2.05) is 31.2 Å². The number of aromatic amines is 1. The average molecular weight is 372 g/mol. The number of para-hydroxylation sites is 1. The topological polar surface area (TPSA) is 76.2 Å². The molecule has 1 heterocycles. The number of anilines is 1. The second-order valence-corrected chi connectivity index (χ2v) is 6.05. The number of rotatable bonds is 6. The summed E-state index contributed by atoms with van der Waals surface area (Å²) in [5, 5.41) is 10.3. The number of carbonyl (C=O) groups excluding carboxylic acids is 1. The van der Waals surface area contributed by atoms with E-state index in [2.05, 4.69) is 15.5 Å². The van der Waals surface area contributed by atoms with Crippen LogP contribution < -0.4 is 14.8 Å². The van der Waals surface area contributed by atoms with Gasteiger partial charge in [-0.15, -0.1) is 0 Å². The van der Waals surface area contributed by atoms with E-state index in [4.69, 9.17) is 21.1 Å². The molecule has 0 aliphatic rings. The Morgan fingerprint density at radius 3 is 2.77 bits per heavy atom. The Labute approximate surface area is 156 Å². The lowest BCUT2D eigenvalue weighted by atomic mass is 10.1. The van der Waals surface area contributed by atoms with Crippen LogP contribution in [0.4, 0.5) is 5.82 Å². The zero-order chi connectivity index (χ0) is 18.5. The van der Waals surface area contributed by atoms with Crippen LogP contribution in [0.15, 0.2) is 48.5 Å². The number of methoxy groups -OCH3 is 1. The normalized spacial score (nSPS) is 10.4. The van der Waals surface area contributed by atoms with Crippen molar-refractivity contribution in [1.82, 2.24) is 10.2 Å². The van der Waals surface area contributed by atoms with E-state index in [0.717, 1.165) is 22.6 Å². The predicted molar refractivity (Wildman–Crippen MR) is 101 cm³/mol. The minimum atomic E-state index is -0.308. The molecule has 0 aliphatic carbocycles. The maximum absolute atomic E-state index is 12.1. The first-order valence-electron chi connectivity index (χ1n) is 7.94. The summed E-state index contributed by atoms with van der Waals surface area (Å²) in [5.41, 5.74) is 2.46. The second-order valence-electron chi connectivity index (χ2n) is 5.61. The summed E-state index contributed by atoms with van der Waals surface area (Å²) in [6, 6.07) is 14.5.